The van der Waals surface area contributed by atoms with Crippen molar-refractivity contribution in [3.63, 3.8) is 0 Å². The predicted octanol–water partition coefficient (Wildman–Crippen LogP) is 2.64. The lowest BCUT2D eigenvalue weighted by atomic mass is 10.2. The van der Waals surface area contributed by atoms with E-state index in [4.69, 9.17) is 0 Å². The van der Waals surface area contributed by atoms with Gasteiger partial charge in [-0.2, -0.15) is 11.8 Å². The molecule has 1 aromatic carbocycles. The zero-order chi connectivity index (χ0) is 13.6. The van der Waals surface area contributed by atoms with Gasteiger partial charge in [0.2, 0.25) is 0 Å². The van der Waals surface area contributed by atoms with Crippen molar-refractivity contribution in [1.29, 1.82) is 0 Å². The van der Waals surface area contributed by atoms with Gasteiger partial charge in [-0.1, -0.05) is 0 Å². The van der Waals surface area contributed by atoms with Crippen LogP contribution in [-0.2, 0) is 6.54 Å². The zero-order valence-corrected chi connectivity index (χ0v) is 12.1. The quantitative estimate of drug-likeness (QED) is 0.936. The van der Waals surface area contributed by atoms with Crippen LogP contribution >= 0.6 is 11.8 Å². The molecule has 0 bridgehead atoms. The summed E-state index contributed by atoms with van der Waals surface area (Å²) in [6, 6.07) is 10.4. The van der Waals surface area contributed by atoms with Crippen LogP contribution in [0, 0.1) is 0 Å². The van der Waals surface area contributed by atoms with Crippen LogP contribution in [0.15, 0.2) is 42.7 Å². The molecule has 1 aliphatic rings. The molecular formula is C15H18N4S. The minimum absolute atomic E-state index is 0.653. The average molecular weight is 286 g/mol. The van der Waals surface area contributed by atoms with Gasteiger partial charge in [-0.3, -0.25) is 0 Å². The van der Waals surface area contributed by atoms with E-state index < -0.39 is 0 Å². The Morgan fingerprint density at radius 3 is 2.45 bits per heavy atom. The zero-order valence-electron chi connectivity index (χ0n) is 11.3. The molecule has 0 radical (unpaired) electrons. The molecule has 1 aromatic heterocycles. The van der Waals surface area contributed by atoms with Gasteiger partial charge in [-0.15, -0.1) is 0 Å². The molecule has 2 heterocycles. The standard InChI is InChI=1S/C15H18N4S/c1-6-16-15(17-7-1)12-18-13-2-4-14(5-3-13)19-8-10-20-11-9-19/h1-7,18H,8-12H2. The van der Waals surface area contributed by atoms with Gasteiger partial charge in [0.1, 0.15) is 5.82 Å². The summed E-state index contributed by atoms with van der Waals surface area (Å²) >= 11 is 2.03. The normalized spacial score (nSPS) is 15.1. The van der Waals surface area contributed by atoms with E-state index in [1.165, 1.54) is 17.2 Å². The van der Waals surface area contributed by atoms with E-state index >= 15 is 0 Å². The Morgan fingerprint density at radius 2 is 1.75 bits per heavy atom. The number of hydrogen-bond donors (Lipinski definition) is 1. The Bertz CT molecular complexity index is 523. The number of hydrogen-bond acceptors (Lipinski definition) is 5. The van der Waals surface area contributed by atoms with Crippen molar-refractivity contribution in [2.24, 2.45) is 0 Å². The van der Waals surface area contributed by atoms with Crippen molar-refractivity contribution in [3.8, 4) is 0 Å². The Labute approximate surface area is 123 Å². The number of nitrogens with zero attached hydrogens (tertiary/aromatic N) is 3. The van der Waals surface area contributed by atoms with Gasteiger partial charge in [0.15, 0.2) is 0 Å². The fourth-order valence-corrected chi connectivity index (χ4v) is 3.12. The smallest absolute Gasteiger partial charge is 0.147 e. The third-order valence-electron chi connectivity index (χ3n) is 3.31. The van der Waals surface area contributed by atoms with Crippen LogP contribution in [0.25, 0.3) is 0 Å². The van der Waals surface area contributed by atoms with Crippen LogP contribution in [0.1, 0.15) is 5.82 Å². The van der Waals surface area contributed by atoms with Gasteiger partial charge in [0, 0.05) is 48.4 Å². The molecule has 5 heteroatoms. The third-order valence-corrected chi connectivity index (χ3v) is 4.26. The van der Waals surface area contributed by atoms with Gasteiger partial charge < -0.3 is 10.2 Å². The molecule has 1 aliphatic heterocycles. The highest BCUT2D eigenvalue weighted by Crippen LogP contribution is 2.21. The second-order valence-corrected chi connectivity index (χ2v) is 5.89. The summed E-state index contributed by atoms with van der Waals surface area (Å²) in [6.07, 6.45) is 3.53. The summed E-state index contributed by atoms with van der Waals surface area (Å²) in [5, 5.41) is 3.34. The topological polar surface area (TPSA) is 41.1 Å². The third kappa shape index (κ3) is 3.42. The summed E-state index contributed by atoms with van der Waals surface area (Å²) in [4.78, 5) is 10.8. The Balaban J connectivity index is 1.58. The SMILES string of the molecule is c1cnc(CNc2ccc(N3CCSCC3)cc2)nc1. The molecule has 1 N–H and O–H groups in total. The number of rotatable bonds is 4. The lowest BCUT2D eigenvalue weighted by Gasteiger charge is -2.28. The number of benzene rings is 1. The van der Waals surface area contributed by atoms with Crippen molar-refractivity contribution in [2.75, 3.05) is 34.8 Å². The van der Waals surface area contributed by atoms with Crippen molar-refractivity contribution in [3.05, 3.63) is 48.5 Å². The van der Waals surface area contributed by atoms with Crippen LogP contribution in [0.2, 0.25) is 0 Å². The summed E-state index contributed by atoms with van der Waals surface area (Å²) in [6.45, 7) is 2.95. The van der Waals surface area contributed by atoms with E-state index in [9.17, 15) is 0 Å². The van der Waals surface area contributed by atoms with E-state index in [-0.39, 0.29) is 0 Å². The molecule has 0 saturated carbocycles. The van der Waals surface area contributed by atoms with E-state index in [2.05, 4.69) is 44.5 Å². The van der Waals surface area contributed by atoms with Crippen LogP contribution in [0.5, 0.6) is 0 Å². The first kappa shape index (κ1) is 13.2. The summed E-state index contributed by atoms with van der Waals surface area (Å²) in [7, 11) is 0. The predicted molar refractivity (Wildman–Crippen MR) is 85.3 cm³/mol. The first-order chi connectivity index (χ1) is 9.92. The molecule has 3 rings (SSSR count). The van der Waals surface area contributed by atoms with Gasteiger partial charge in [0.05, 0.1) is 6.54 Å². The molecule has 2 aromatic rings. The minimum Gasteiger partial charge on any atom is -0.378 e. The van der Waals surface area contributed by atoms with Crippen LogP contribution < -0.4 is 10.2 Å². The molecule has 4 nitrogen and oxygen atoms in total. The van der Waals surface area contributed by atoms with E-state index in [0.717, 1.165) is 24.6 Å². The molecule has 1 saturated heterocycles. The summed E-state index contributed by atoms with van der Waals surface area (Å²) < 4.78 is 0. The Kier molecular flexibility index (Phi) is 4.38. The number of aromatic nitrogens is 2. The minimum atomic E-state index is 0.653. The van der Waals surface area contributed by atoms with Gasteiger partial charge in [-0.25, -0.2) is 9.97 Å². The molecular weight excluding hydrogens is 268 g/mol. The molecule has 104 valence electrons. The first-order valence-corrected chi connectivity index (χ1v) is 8.00. The highest BCUT2D eigenvalue weighted by molar-refractivity contribution is 7.99. The first-order valence-electron chi connectivity index (χ1n) is 6.84. The van der Waals surface area contributed by atoms with Crippen molar-refractivity contribution in [2.45, 2.75) is 6.54 Å². The van der Waals surface area contributed by atoms with Gasteiger partial charge >= 0.3 is 0 Å². The highest BCUT2D eigenvalue weighted by atomic mass is 32.2. The van der Waals surface area contributed by atoms with E-state index in [1.54, 1.807) is 12.4 Å². The number of thioether (sulfide) groups is 1. The summed E-state index contributed by atoms with van der Waals surface area (Å²) in [5.74, 6) is 3.26. The lowest BCUT2D eigenvalue weighted by Crippen LogP contribution is -2.32. The van der Waals surface area contributed by atoms with Crippen LogP contribution in [-0.4, -0.2) is 34.6 Å². The van der Waals surface area contributed by atoms with Crippen LogP contribution in [0.3, 0.4) is 0 Å². The van der Waals surface area contributed by atoms with E-state index in [1.807, 2.05) is 17.8 Å². The van der Waals surface area contributed by atoms with Crippen molar-refractivity contribution in [1.82, 2.24) is 9.97 Å². The summed E-state index contributed by atoms with van der Waals surface area (Å²) in [5.41, 5.74) is 2.42. The van der Waals surface area contributed by atoms with Crippen molar-refractivity contribution >= 4 is 23.1 Å². The fourth-order valence-electron chi connectivity index (χ4n) is 2.21. The maximum Gasteiger partial charge on any atom is 0.147 e. The molecule has 0 unspecified atom stereocenters. The number of nitrogens with one attached hydrogen (secondary N) is 1. The Morgan fingerprint density at radius 1 is 1.05 bits per heavy atom. The Hall–Kier alpha value is -1.75. The number of anilines is 2. The van der Waals surface area contributed by atoms with Gasteiger partial charge in [-0.05, 0) is 30.3 Å². The molecule has 0 amide bonds. The molecule has 20 heavy (non-hydrogen) atoms. The maximum absolute atomic E-state index is 4.20. The average Bonchev–Trinajstić information content (AvgIpc) is 2.55. The van der Waals surface area contributed by atoms with Gasteiger partial charge in [0.25, 0.3) is 0 Å². The molecule has 0 spiro atoms. The fraction of sp³-hybridized carbons (Fsp3) is 0.333. The second-order valence-electron chi connectivity index (χ2n) is 4.66. The van der Waals surface area contributed by atoms with E-state index in [0.29, 0.717) is 6.54 Å². The molecule has 0 atom stereocenters. The monoisotopic (exact) mass is 286 g/mol. The molecule has 0 aliphatic carbocycles. The van der Waals surface area contributed by atoms with Crippen molar-refractivity contribution < 1.29 is 0 Å². The van der Waals surface area contributed by atoms with Crippen LogP contribution in [0.4, 0.5) is 11.4 Å². The lowest BCUT2D eigenvalue weighted by molar-refractivity contribution is 0.859. The molecule has 1 fully saturated rings. The highest BCUT2D eigenvalue weighted by Gasteiger charge is 2.10. The largest absolute Gasteiger partial charge is 0.378 e. The second kappa shape index (κ2) is 6.61. The maximum atomic E-state index is 4.20.